The van der Waals surface area contributed by atoms with Gasteiger partial charge in [-0.05, 0) is 35.9 Å². The van der Waals surface area contributed by atoms with Crippen molar-refractivity contribution in [3.8, 4) is 17.1 Å². The van der Waals surface area contributed by atoms with Crippen LogP contribution in [-0.4, -0.2) is 9.97 Å². The van der Waals surface area contributed by atoms with Crippen LogP contribution >= 0.6 is 0 Å². The van der Waals surface area contributed by atoms with E-state index in [2.05, 4.69) is 9.97 Å². The molecule has 27 heavy (non-hydrogen) atoms. The van der Waals surface area contributed by atoms with E-state index in [1.807, 2.05) is 6.07 Å². The van der Waals surface area contributed by atoms with Gasteiger partial charge >= 0.3 is 0 Å². The first-order valence-electron chi connectivity index (χ1n) is 8.27. The van der Waals surface area contributed by atoms with Gasteiger partial charge < -0.3 is 9.72 Å². The molecule has 4 rings (SSSR count). The minimum atomic E-state index is -1.02. The monoisotopic (exact) mass is 364 g/mol. The number of fused-ring (bicyclic) bond motifs is 1. The Bertz CT molecular complexity index is 1190. The second kappa shape index (κ2) is 6.99. The Kier molecular flexibility index (Phi) is 4.38. The number of H-pyrrole nitrogens is 1. The van der Waals surface area contributed by atoms with E-state index in [1.165, 1.54) is 12.1 Å². The van der Waals surface area contributed by atoms with Crippen LogP contribution in [0.1, 0.15) is 5.56 Å². The van der Waals surface area contributed by atoms with Gasteiger partial charge in [-0.3, -0.25) is 4.79 Å². The largest absolute Gasteiger partial charge is 0.486 e. The Labute approximate surface area is 153 Å². The average molecular weight is 364 g/mol. The fourth-order valence-electron chi connectivity index (χ4n) is 2.79. The van der Waals surface area contributed by atoms with Crippen molar-refractivity contribution in [3.63, 3.8) is 0 Å². The topological polar surface area (TPSA) is 55.0 Å². The van der Waals surface area contributed by atoms with Gasteiger partial charge in [0.15, 0.2) is 11.6 Å². The number of aromatic amines is 1. The maximum atomic E-state index is 13.7. The summed E-state index contributed by atoms with van der Waals surface area (Å²) in [4.78, 5) is 19.5. The number of para-hydroxylation sites is 1. The average Bonchev–Trinajstić information content (AvgIpc) is 2.69. The number of benzene rings is 3. The van der Waals surface area contributed by atoms with Crippen molar-refractivity contribution in [2.45, 2.75) is 6.61 Å². The molecule has 0 bridgehead atoms. The van der Waals surface area contributed by atoms with Crippen LogP contribution in [0.2, 0.25) is 0 Å². The zero-order chi connectivity index (χ0) is 18.8. The molecule has 0 saturated heterocycles. The minimum Gasteiger partial charge on any atom is -0.486 e. The highest BCUT2D eigenvalue weighted by molar-refractivity contribution is 5.79. The molecule has 0 aliphatic rings. The number of nitrogens with one attached hydrogen (secondary N) is 1. The maximum Gasteiger partial charge on any atom is 0.259 e. The second-order valence-electron chi connectivity index (χ2n) is 5.97. The summed E-state index contributed by atoms with van der Waals surface area (Å²) in [5, 5.41) is 0.516. The molecule has 0 aliphatic heterocycles. The van der Waals surface area contributed by atoms with Crippen LogP contribution in [0.5, 0.6) is 5.75 Å². The number of nitrogens with zero attached hydrogens (tertiary/aromatic N) is 1. The quantitative estimate of drug-likeness (QED) is 0.582. The van der Waals surface area contributed by atoms with Crippen LogP contribution in [-0.2, 0) is 6.61 Å². The second-order valence-corrected chi connectivity index (χ2v) is 5.97. The molecule has 6 heteroatoms. The molecule has 4 aromatic rings. The van der Waals surface area contributed by atoms with Crippen molar-refractivity contribution in [2.75, 3.05) is 0 Å². The maximum absolute atomic E-state index is 13.7. The molecule has 0 saturated carbocycles. The Hall–Kier alpha value is -3.54. The van der Waals surface area contributed by atoms with Gasteiger partial charge in [0, 0.05) is 5.56 Å². The fraction of sp³-hybridized carbons (Fsp3) is 0.0476. The van der Waals surface area contributed by atoms with Crippen LogP contribution in [0.4, 0.5) is 8.78 Å². The number of halogens is 2. The molecule has 0 atom stereocenters. The van der Waals surface area contributed by atoms with E-state index in [0.717, 1.165) is 11.6 Å². The molecule has 1 heterocycles. The zero-order valence-electron chi connectivity index (χ0n) is 14.1. The standard InChI is InChI=1S/C21H14F2N2O2/c22-16-8-4-10-18(19(16)23)27-12-13-5-3-6-14(11-13)20-24-17-9-2-1-7-15(17)21(26)25-20/h1-11H,12H2,(H,24,25,26). The zero-order valence-corrected chi connectivity index (χ0v) is 14.1. The Balaban J connectivity index is 1.63. The van der Waals surface area contributed by atoms with Crippen molar-refractivity contribution >= 4 is 10.9 Å². The van der Waals surface area contributed by atoms with Gasteiger partial charge in [-0.1, -0.05) is 36.4 Å². The van der Waals surface area contributed by atoms with E-state index in [0.29, 0.717) is 22.3 Å². The summed E-state index contributed by atoms with van der Waals surface area (Å²) in [7, 11) is 0. The van der Waals surface area contributed by atoms with Gasteiger partial charge in [0.2, 0.25) is 5.82 Å². The molecular weight excluding hydrogens is 350 g/mol. The highest BCUT2D eigenvalue weighted by atomic mass is 19.2. The smallest absolute Gasteiger partial charge is 0.259 e. The van der Waals surface area contributed by atoms with Gasteiger partial charge in [-0.25, -0.2) is 9.37 Å². The lowest BCUT2D eigenvalue weighted by Crippen LogP contribution is -2.09. The Morgan fingerprint density at radius 3 is 2.67 bits per heavy atom. The third-order valence-electron chi connectivity index (χ3n) is 4.12. The summed E-state index contributed by atoms with van der Waals surface area (Å²) in [6.45, 7) is 0.0476. The van der Waals surface area contributed by atoms with Gasteiger partial charge in [0.1, 0.15) is 12.4 Å². The Morgan fingerprint density at radius 1 is 0.963 bits per heavy atom. The first-order valence-corrected chi connectivity index (χ1v) is 8.27. The number of hydrogen-bond donors (Lipinski definition) is 1. The lowest BCUT2D eigenvalue weighted by Gasteiger charge is -2.09. The van der Waals surface area contributed by atoms with Crippen LogP contribution < -0.4 is 10.3 Å². The first-order chi connectivity index (χ1) is 13.1. The van der Waals surface area contributed by atoms with Crippen LogP contribution in [0, 0.1) is 11.6 Å². The van der Waals surface area contributed by atoms with E-state index in [9.17, 15) is 13.6 Å². The first kappa shape index (κ1) is 16.9. The van der Waals surface area contributed by atoms with Crippen molar-refractivity contribution in [1.82, 2.24) is 9.97 Å². The molecule has 1 N–H and O–H groups in total. The van der Waals surface area contributed by atoms with Crippen LogP contribution in [0.15, 0.2) is 71.5 Å². The van der Waals surface area contributed by atoms with E-state index >= 15 is 0 Å². The van der Waals surface area contributed by atoms with Gasteiger partial charge in [0.25, 0.3) is 5.56 Å². The predicted molar refractivity (Wildman–Crippen MR) is 98.5 cm³/mol. The predicted octanol–water partition coefficient (Wildman–Crippen LogP) is 4.45. The van der Waals surface area contributed by atoms with E-state index in [1.54, 1.807) is 42.5 Å². The highest BCUT2D eigenvalue weighted by Crippen LogP contribution is 2.22. The molecule has 0 amide bonds. The molecule has 1 aromatic heterocycles. The summed E-state index contributed by atoms with van der Waals surface area (Å²) in [5.74, 6) is -1.71. The van der Waals surface area contributed by atoms with Crippen molar-refractivity contribution < 1.29 is 13.5 Å². The lowest BCUT2D eigenvalue weighted by atomic mass is 10.1. The summed E-state index contributed by atoms with van der Waals surface area (Å²) in [6.07, 6.45) is 0. The molecule has 3 aromatic carbocycles. The summed E-state index contributed by atoms with van der Waals surface area (Å²) in [6, 6.07) is 18.0. The SMILES string of the molecule is O=c1[nH]c(-c2cccc(COc3cccc(F)c3F)c2)nc2ccccc12. The summed E-state index contributed by atoms with van der Waals surface area (Å²) in [5.41, 5.74) is 1.80. The van der Waals surface area contributed by atoms with Crippen molar-refractivity contribution in [3.05, 3.63) is 94.3 Å². The molecule has 0 aliphatic carbocycles. The summed E-state index contributed by atoms with van der Waals surface area (Å²) >= 11 is 0. The number of rotatable bonds is 4. The molecule has 0 fully saturated rings. The number of hydrogen-bond acceptors (Lipinski definition) is 3. The summed E-state index contributed by atoms with van der Waals surface area (Å²) < 4.78 is 32.3. The van der Waals surface area contributed by atoms with Crippen molar-refractivity contribution in [1.29, 1.82) is 0 Å². The molecule has 0 radical (unpaired) electrons. The number of ether oxygens (including phenoxy) is 1. The molecule has 0 spiro atoms. The highest BCUT2D eigenvalue weighted by Gasteiger charge is 2.10. The van der Waals surface area contributed by atoms with Gasteiger partial charge in [-0.15, -0.1) is 0 Å². The van der Waals surface area contributed by atoms with E-state index < -0.39 is 11.6 Å². The third kappa shape index (κ3) is 3.42. The van der Waals surface area contributed by atoms with Gasteiger partial charge in [0.05, 0.1) is 10.9 Å². The lowest BCUT2D eigenvalue weighted by molar-refractivity contribution is 0.284. The molecule has 0 unspecified atom stereocenters. The van der Waals surface area contributed by atoms with Gasteiger partial charge in [-0.2, -0.15) is 4.39 Å². The molecule has 134 valence electrons. The third-order valence-corrected chi connectivity index (χ3v) is 4.12. The van der Waals surface area contributed by atoms with E-state index in [-0.39, 0.29) is 17.9 Å². The van der Waals surface area contributed by atoms with E-state index in [4.69, 9.17) is 4.74 Å². The minimum absolute atomic E-state index is 0.0476. The van der Waals surface area contributed by atoms with Crippen LogP contribution in [0.25, 0.3) is 22.3 Å². The molecular formula is C21H14F2N2O2. The molecule has 4 nitrogen and oxygen atoms in total. The fourth-order valence-corrected chi connectivity index (χ4v) is 2.79. The van der Waals surface area contributed by atoms with Crippen molar-refractivity contribution in [2.24, 2.45) is 0 Å². The Morgan fingerprint density at radius 2 is 1.78 bits per heavy atom. The number of aromatic nitrogens is 2. The van der Waals surface area contributed by atoms with Crippen LogP contribution in [0.3, 0.4) is 0 Å². The normalized spacial score (nSPS) is 10.9.